The summed E-state index contributed by atoms with van der Waals surface area (Å²) < 4.78 is 10.7. The summed E-state index contributed by atoms with van der Waals surface area (Å²) in [6, 6.07) is 10.5. The summed E-state index contributed by atoms with van der Waals surface area (Å²) in [5.41, 5.74) is 2.17. The predicted molar refractivity (Wildman–Crippen MR) is 95.0 cm³/mol. The molecule has 0 saturated heterocycles. The maximum atomic E-state index is 12.1. The molecule has 138 valence electrons. The number of ether oxygens (including phenoxy) is 2. The Labute approximate surface area is 152 Å². The largest absolute Gasteiger partial charge is 0.477 e. The van der Waals surface area contributed by atoms with E-state index in [-0.39, 0.29) is 11.6 Å². The lowest BCUT2D eigenvalue weighted by molar-refractivity contribution is 0.0453. The van der Waals surface area contributed by atoms with Gasteiger partial charge in [-0.25, -0.2) is 9.78 Å². The van der Waals surface area contributed by atoms with Crippen molar-refractivity contribution in [3.63, 3.8) is 0 Å². The monoisotopic (exact) mass is 358 g/mol. The average Bonchev–Trinajstić information content (AvgIpc) is 2.66. The third-order valence-electron chi connectivity index (χ3n) is 3.53. The molecule has 0 aliphatic carbocycles. The number of hydrogen-bond donors (Lipinski definition) is 2. The van der Waals surface area contributed by atoms with Gasteiger partial charge in [0.1, 0.15) is 5.69 Å². The summed E-state index contributed by atoms with van der Waals surface area (Å²) in [5.74, 6) is -1.44. The number of carboxylic acid groups (broad SMARTS) is 1. The van der Waals surface area contributed by atoms with Crippen LogP contribution in [0.1, 0.15) is 38.9 Å². The first-order valence-electron chi connectivity index (χ1n) is 8.31. The van der Waals surface area contributed by atoms with Gasteiger partial charge in [-0.1, -0.05) is 24.3 Å². The first kappa shape index (κ1) is 19.6. The maximum absolute atomic E-state index is 12.1. The molecule has 1 heterocycles. The van der Waals surface area contributed by atoms with Crippen LogP contribution < -0.4 is 5.32 Å². The molecule has 2 rings (SSSR count). The minimum absolute atomic E-state index is 0.0985. The Bertz CT molecular complexity index is 731. The molecule has 0 fully saturated rings. The number of hydrogen-bond acceptors (Lipinski definition) is 5. The number of pyridine rings is 1. The second-order valence-corrected chi connectivity index (χ2v) is 5.49. The van der Waals surface area contributed by atoms with Crippen molar-refractivity contribution in [2.24, 2.45) is 0 Å². The molecule has 7 nitrogen and oxygen atoms in total. The maximum Gasteiger partial charge on any atom is 0.354 e. The van der Waals surface area contributed by atoms with E-state index in [1.165, 1.54) is 18.3 Å². The molecule has 0 saturated carbocycles. The van der Waals surface area contributed by atoms with Crippen molar-refractivity contribution in [3.8, 4) is 0 Å². The van der Waals surface area contributed by atoms with Crippen LogP contribution in [0.4, 0.5) is 0 Å². The van der Waals surface area contributed by atoms with Gasteiger partial charge < -0.3 is 19.9 Å². The predicted octanol–water partition coefficient (Wildman–Crippen LogP) is 2.26. The Balaban J connectivity index is 1.83. The number of benzene rings is 1. The summed E-state index contributed by atoms with van der Waals surface area (Å²) in [5, 5.41) is 11.6. The van der Waals surface area contributed by atoms with Crippen LogP contribution in [-0.4, -0.2) is 41.8 Å². The summed E-state index contributed by atoms with van der Waals surface area (Å²) in [7, 11) is 0. The van der Waals surface area contributed by atoms with Gasteiger partial charge in [0.25, 0.3) is 5.91 Å². The third kappa shape index (κ3) is 6.27. The van der Waals surface area contributed by atoms with Crippen LogP contribution in [0.25, 0.3) is 0 Å². The van der Waals surface area contributed by atoms with Gasteiger partial charge in [-0.15, -0.1) is 0 Å². The van der Waals surface area contributed by atoms with E-state index in [0.29, 0.717) is 38.5 Å². The topological polar surface area (TPSA) is 97.8 Å². The van der Waals surface area contributed by atoms with Crippen LogP contribution in [-0.2, 0) is 22.6 Å². The molecule has 1 amide bonds. The van der Waals surface area contributed by atoms with Crippen molar-refractivity contribution < 1.29 is 24.2 Å². The Morgan fingerprint density at radius 3 is 2.58 bits per heavy atom. The van der Waals surface area contributed by atoms with Crippen molar-refractivity contribution >= 4 is 11.9 Å². The van der Waals surface area contributed by atoms with Crippen molar-refractivity contribution in [2.45, 2.75) is 20.1 Å². The standard InChI is InChI=1S/C19H22N2O5/c1-2-25-8-9-26-13-15-5-3-4-14(10-15)11-21-18(22)16-6-7-17(19(23)24)20-12-16/h3-7,10,12H,2,8-9,11,13H2,1H3,(H,21,22)(H,23,24). The lowest BCUT2D eigenvalue weighted by Gasteiger charge is -2.08. The van der Waals surface area contributed by atoms with Crippen LogP contribution >= 0.6 is 0 Å². The number of carboxylic acids is 1. The second kappa shape index (κ2) is 10.3. The number of carbonyl (C=O) groups excluding carboxylic acids is 1. The molecule has 1 aromatic carbocycles. The molecule has 0 radical (unpaired) electrons. The number of carbonyl (C=O) groups is 2. The normalized spacial score (nSPS) is 10.5. The molecule has 1 aromatic heterocycles. The highest BCUT2D eigenvalue weighted by atomic mass is 16.5. The number of aromatic carboxylic acids is 1. The quantitative estimate of drug-likeness (QED) is 0.632. The first-order chi connectivity index (χ1) is 12.6. The number of rotatable bonds is 10. The Kier molecular flexibility index (Phi) is 7.73. The van der Waals surface area contributed by atoms with Crippen LogP contribution in [0.5, 0.6) is 0 Å². The Morgan fingerprint density at radius 2 is 1.88 bits per heavy atom. The van der Waals surface area contributed by atoms with Gasteiger partial charge in [-0.2, -0.15) is 0 Å². The highest BCUT2D eigenvalue weighted by Crippen LogP contribution is 2.07. The zero-order valence-corrected chi connectivity index (χ0v) is 14.6. The lowest BCUT2D eigenvalue weighted by atomic mass is 10.1. The lowest BCUT2D eigenvalue weighted by Crippen LogP contribution is -2.23. The van der Waals surface area contributed by atoms with E-state index >= 15 is 0 Å². The molecule has 0 atom stereocenters. The zero-order chi connectivity index (χ0) is 18.8. The van der Waals surface area contributed by atoms with Crippen molar-refractivity contribution in [1.82, 2.24) is 10.3 Å². The highest BCUT2D eigenvalue weighted by Gasteiger charge is 2.09. The van der Waals surface area contributed by atoms with Crippen LogP contribution in [0.3, 0.4) is 0 Å². The fraction of sp³-hybridized carbons (Fsp3) is 0.316. The van der Waals surface area contributed by atoms with Gasteiger partial charge in [-0.3, -0.25) is 4.79 Å². The van der Waals surface area contributed by atoms with E-state index < -0.39 is 5.97 Å². The first-order valence-corrected chi connectivity index (χ1v) is 8.31. The van der Waals surface area contributed by atoms with Gasteiger partial charge in [0.2, 0.25) is 0 Å². The molecule has 0 aliphatic heterocycles. The van der Waals surface area contributed by atoms with E-state index in [2.05, 4.69) is 10.3 Å². The van der Waals surface area contributed by atoms with Gasteiger partial charge in [0.05, 0.1) is 25.4 Å². The highest BCUT2D eigenvalue weighted by molar-refractivity contribution is 5.94. The van der Waals surface area contributed by atoms with Crippen LogP contribution in [0, 0.1) is 0 Å². The van der Waals surface area contributed by atoms with E-state index in [1.807, 2.05) is 31.2 Å². The summed E-state index contributed by atoms with van der Waals surface area (Å²) in [6.07, 6.45) is 1.25. The molecule has 2 aromatic rings. The van der Waals surface area contributed by atoms with E-state index in [0.717, 1.165) is 11.1 Å². The second-order valence-electron chi connectivity index (χ2n) is 5.49. The minimum Gasteiger partial charge on any atom is -0.477 e. The minimum atomic E-state index is -1.13. The summed E-state index contributed by atoms with van der Waals surface area (Å²) in [6.45, 7) is 4.55. The van der Waals surface area contributed by atoms with Crippen molar-refractivity contribution in [3.05, 3.63) is 65.0 Å². The van der Waals surface area contributed by atoms with Crippen molar-refractivity contribution in [1.29, 1.82) is 0 Å². The zero-order valence-electron chi connectivity index (χ0n) is 14.6. The SMILES string of the molecule is CCOCCOCc1cccc(CNC(=O)c2ccc(C(=O)O)nc2)c1. The number of nitrogens with one attached hydrogen (secondary N) is 1. The number of aromatic nitrogens is 1. The molecule has 0 unspecified atom stereocenters. The fourth-order valence-corrected chi connectivity index (χ4v) is 2.22. The molecular weight excluding hydrogens is 336 g/mol. The Hall–Kier alpha value is -2.77. The number of amides is 1. The average molecular weight is 358 g/mol. The number of nitrogens with zero attached hydrogens (tertiary/aromatic N) is 1. The molecule has 0 bridgehead atoms. The van der Waals surface area contributed by atoms with E-state index in [4.69, 9.17) is 14.6 Å². The van der Waals surface area contributed by atoms with Gasteiger partial charge in [0.15, 0.2) is 0 Å². The van der Waals surface area contributed by atoms with E-state index in [9.17, 15) is 9.59 Å². The summed E-state index contributed by atoms with van der Waals surface area (Å²) >= 11 is 0. The molecule has 2 N–H and O–H groups in total. The van der Waals surface area contributed by atoms with Gasteiger partial charge in [-0.05, 0) is 30.2 Å². The van der Waals surface area contributed by atoms with Crippen molar-refractivity contribution in [2.75, 3.05) is 19.8 Å². The van der Waals surface area contributed by atoms with Gasteiger partial charge in [0, 0.05) is 19.3 Å². The van der Waals surface area contributed by atoms with Crippen LogP contribution in [0.15, 0.2) is 42.6 Å². The Morgan fingerprint density at radius 1 is 1.12 bits per heavy atom. The fourth-order valence-electron chi connectivity index (χ4n) is 2.22. The van der Waals surface area contributed by atoms with Gasteiger partial charge >= 0.3 is 5.97 Å². The summed E-state index contributed by atoms with van der Waals surface area (Å²) in [4.78, 5) is 26.6. The third-order valence-corrected chi connectivity index (χ3v) is 3.53. The molecule has 26 heavy (non-hydrogen) atoms. The van der Waals surface area contributed by atoms with Crippen LogP contribution in [0.2, 0.25) is 0 Å². The molecule has 7 heteroatoms. The smallest absolute Gasteiger partial charge is 0.354 e. The van der Waals surface area contributed by atoms with E-state index in [1.54, 1.807) is 0 Å². The molecule has 0 aliphatic rings. The molecular formula is C19H22N2O5. The molecule has 0 spiro atoms.